The van der Waals surface area contributed by atoms with Crippen LogP contribution in [0, 0.1) is 0 Å². The molecule has 0 saturated carbocycles. The molecule has 3 amide bonds. The van der Waals surface area contributed by atoms with Gasteiger partial charge in [-0.3, -0.25) is 14.4 Å². The van der Waals surface area contributed by atoms with Gasteiger partial charge in [0.1, 0.15) is 12.1 Å². The van der Waals surface area contributed by atoms with E-state index in [9.17, 15) is 24.3 Å². The van der Waals surface area contributed by atoms with Crippen molar-refractivity contribution in [1.29, 1.82) is 0 Å². The molecule has 0 saturated heterocycles. The molecule has 1 heterocycles. The van der Waals surface area contributed by atoms with E-state index in [0.29, 0.717) is 17.9 Å². The van der Waals surface area contributed by atoms with Crippen molar-refractivity contribution >= 4 is 35.5 Å². The van der Waals surface area contributed by atoms with Crippen LogP contribution in [0.4, 0.5) is 0 Å². The Morgan fingerprint density at radius 1 is 1.09 bits per heavy atom. The summed E-state index contributed by atoms with van der Waals surface area (Å²) in [6.07, 6.45) is 5.58. The van der Waals surface area contributed by atoms with Crippen LogP contribution in [-0.4, -0.2) is 75.4 Å². The number of hydrogen-bond acceptors (Lipinski definition) is 7. The van der Waals surface area contributed by atoms with Gasteiger partial charge in [0.05, 0.1) is 18.9 Å². The Balaban J connectivity index is 1.88. The third-order valence-corrected chi connectivity index (χ3v) is 5.56. The van der Waals surface area contributed by atoms with Crippen LogP contribution in [0.2, 0.25) is 0 Å². The van der Waals surface area contributed by atoms with E-state index in [1.54, 1.807) is 30.5 Å². The lowest BCUT2D eigenvalue weighted by Crippen LogP contribution is -2.54. The Bertz CT molecular complexity index is 941. The van der Waals surface area contributed by atoms with Gasteiger partial charge in [0.2, 0.25) is 17.7 Å². The zero-order valence-electron chi connectivity index (χ0n) is 18.8. The van der Waals surface area contributed by atoms with Gasteiger partial charge in [-0.1, -0.05) is 30.3 Å². The molecule has 2 aromatic rings. The van der Waals surface area contributed by atoms with Crippen molar-refractivity contribution in [2.24, 2.45) is 5.73 Å². The summed E-state index contributed by atoms with van der Waals surface area (Å²) in [6, 6.07) is 5.98. The van der Waals surface area contributed by atoms with E-state index in [1.165, 1.54) is 18.1 Å². The Morgan fingerprint density at radius 2 is 1.82 bits per heavy atom. The number of nitrogens with one attached hydrogen (secondary N) is 4. The first-order chi connectivity index (χ1) is 16.3. The van der Waals surface area contributed by atoms with Gasteiger partial charge >= 0.3 is 5.97 Å². The van der Waals surface area contributed by atoms with Crippen LogP contribution in [-0.2, 0) is 32.0 Å². The van der Waals surface area contributed by atoms with Crippen molar-refractivity contribution in [3.05, 3.63) is 54.1 Å². The van der Waals surface area contributed by atoms with E-state index >= 15 is 0 Å². The lowest BCUT2D eigenvalue weighted by atomic mass is 10.1. The smallest absolute Gasteiger partial charge is 0.326 e. The number of aliphatic carboxylic acids is 1. The monoisotopic (exact) mass is 490 g/mol. The average Bonchev–Trinajstić information content (AvgIpc) is 3.33. The molecule has 0 radical (unpaired) electrons. The highest BCUT2D eigenvalue weighted by Crippen LogP contribution is 2.05. The SMILES string of the molecule is CSCCC(NC(=O)C(N)Cc1cnc[nH]1)C(=O)NCC(=O)NC(Cc1ccccc1)C(=O)O. The number of imidazole rings is 1. The van der Waals surface area contributed by atoms with Gasteiger partial charge in [0.25, 0.3) is 0 Å². The number of amides is 3. The summed E-state index contributed by atoms with van der Waals surface area (Å²) in [5.41, 5.74) is 7.38. The van der Waals surface area contributed by atoms with Gasteiger partial charge in [0, 0.05) is 24.7 Å². The maximum Gasteiger partial charge on any atom is 0.326 e. The van der Waals surface area contributed by atoms with Crippen molar-refractivity contribution in [3.63, 3.8) is 0 Å². The van der Waals surface area contributed by atoms with Crippen LogP contribution in [0.3, 0.4) is 0 Å². The normalized spacial score (nSPS) is 13.4. The predicted octanol–water partition coefficient (Wildman–Crippen LogP) is -0.554. The molecule has 0 aliphatic heterocycles. The fourth-order valence-corrected chi connectivity index (χ4v) is 3.57. The number of rotatable bonds is 14. The zero-order valence-corrected chi connectivity index (χ0v) is 19.6. The number of carboxylic acids is 1. The molecule has 0 spiro atoms. The van der Waals surface area contributed by atoms with Crippen LogP contribution in [0.25, 0.3) is 0 Å². The largest absolute Gasteiger partial charge is 0.480 e. The molecular weight excluding hydrogens is 460 g/mol. The van der Waals surface area contributed by atoms with Crippen LogP contribution in [0.15, 0.2) is 42.9 Å². The minimum atomic E-state index is -1.18. The average molecular weight is 491 g/mol. The number of carboxylic acid groups (broad SMARTS) is 1. The fourth-order valence-electron chi connectivity index (χ4n) is 3.10. The molecule has 34 heavy (non-hydrogen) atoms. The first-order valence-electron chi connectivity index (χ1n) is 10.7. The molecule has 0 aliphatic rings. The molecule has 7 N–H and O–H groups in total. The van der Waals surface area contributed by atoms with Gasteiger partial charge in [-0.15, -0.1) is 0 Å². The molecule has 2 rings (SSSR count). The number of nitrogens with two attached hydrogens (primary N) is 1. The summed E-state index contributed by atoms with van der Waals surface area (Å²) in [5.74, 6) is -2.30. The maximum atomic E-state index is 12.7. The van der Waals surface area contributed by atoms with Crippen molar-refractivity contribution in [2.45, 2.75) is 37.4 Å². The third-order valence-electron chi connectivity index (χ3n) is 4.91. The molecule has 3 atom stereocenters. The first kappa shape index (κ1) is 26.9. The van der Waals surface area contributed by atoms with Gasteiger partial charge in [-0.05, 0) is 24.0 Å². The molecule has 0 aliphatic carbocycles. The van der Waals surface area contributed by atoms with Gasteiger partial charge < -0.3 is 31.8 Å². The molecule has 12 heteroatoms. The predicted molar refractivity (Wildman–Crippen MR) is 128 cm³/mol. The highest BCUT2D eigenvalue weighted by Gasteiger charge is 2.25. The zero-order chi connectivity index (χ0) is 24.9. The summed E-state index contributed by atoms with van der Waals surface area (Å²) >= 11 is 1.50. The summed E-state index contributed by atoms with van der Waals surface area (Å²) < 4.78 is 0. The molecule has 11 nitrogen and oxygen atoms in total. The summed E-state index contributed by atoms with van der Waals surface area (Å²) in [7, 11) is 0. The second-order valence-electron chi connectivity index (χ2n) is 7.60. The van der Waals surface area contributed by atoms with Crippen LogP contribution >= 0.6 is 11.8 Å². The fraction of sp³-hybridized carbons (Fsp3) is 0.409. The maximum absolute atomic E-state index is 12.7. The Hall–Kier alpha value is -3.38. The molecule has 1 aromatic heterocycles. The lowest BCUT2D eigenvalue weighted by molar-refractivity contribution is -0.141. The highest BCUT2D eigenvalue weighted by molar-refractivity contribution is 7.98. The van der Waals surface area contributed by atoms with E-state index in [-0.39, 0.29) is 12.8 Å². The summed E-state index contributed by atoms with van der Waals surface area (Å²) in [6.45, 7) is -0.427. The number of benzene rings is 1. The number of H-pyrrole nitrogens is 1. The van der Waals surface area contributed by atoms with Gasteiger partial charge in [-0.25, -0.2) is 9.78 Å². The number of hydrogen-bond donors (Lipinski definition) is 6. The van der Waals surface area contributed by atoms with Crippen LogP contribution in [0.5, 0.6) is 0 Å². The Morgan fingerprint density at radius 3 is 2.44 bits per heavy atom. The van der Waals surface area contributed by atoms with Crippen molar-refractivity contribution in [2.75, 3.05) is 18.6 Å². The summed E-state index contributed by atoms with van der Waals surface area (Å²) in [5, 5.41) is 16.9. The van der Waals surface area contributed by atoms with E-state index in [0.717, 1.165) is 5.56 Å². The topological polar surface area (TPSA) is 179 Å². The van der Waals surface area contributed by atoms with E-state index in [2.05, 4.69) is 25.9 Å². The van der Waals surface area contributed by atoms with Crippen molar-refractivity contribution in [3.8, 4) is 0 Å². The number of thioether (sulfide) groups is 1. The third kappa shape index (κ3) is 9.24. The Kier molecular flexibility index (Phi) is 11.1. The summed E-state index contributed by atoms with van der Waals surface area (Å²) in [4.78, 5) is 55.7. The second kappa shape index (κ2) is 14.0. The second-order valence-corrected chi connectivity index (χ2v) is 8.58. The van der Waals surface area contributed by atoms with Crippen molar-refractivity contribution < 1.29 is 24.3 Å². The van der Waals surface area contributed by atoms with Crippen LogP contribution < -0.4 is 21.7 Å². The first-order valence-corrected chi connectivity index (χ1v) is 12.1. The van der Waals surface area contributed by atoms with Crippen LogP contribution in [0.1, 0.15) is 17.7 Å². The number of aromatic nitrogens is 2. The minimum Gasteiger partial charge on any atom is -0.480 e. The van der Waals surface area contributed by atoms with Gasteiger partial charge in [0.15, 0.2) is 0 Å². The molecule has 1 aromatic carbocycles. The van der Waals surface area contributed by atoms with Crippen molar-refractivity contribution in [1.82, 2.24) is 25.9 Å². The van der Waals surface area contributed by atoms with E-state index < -0.39 is 48.4 Å². The number of carbonyl (C=O) groups excluding carboxylic acids is 3. The van der Waals surface area contributed by atoms with E-state index in [4.69, 9.17) is 5.73 Å². The lowest BCUT2D eigenvalue weighted by Gasteiger charge is -2.21. The highest BCUT2D eigenvalue weighted by atomic mass is 32.2. The minimum absolute atomic E-state index is 0.108. The molecule has 184 valence electrons. The number of carbonyl (C=O) groups is 4. The Labute approximate surface area is 201 Å². The molecular formula is C22H30N6O5S. The van der Waals surface area contributed by atoms with E-state index in [1.807, 2.05) is 12.3 Å². The molecule has 3 unspecified atom stereocenters. The standard InChI is InChI=1S/C22H30N6O5S/c1-34-8-7-17(28-20(30)16(23)10-15-11-24-13-26-15)21(31)25-12-19(29)27-18(22(32)33)9-14-5-3-2-4-6-14/h2-6,11,13,16-18H,7-10,12,23H2,1H3,(H,24,26)(H,25,31)(H,27,29)(H,28,30)(H,32,33). The molecule has 0 bridgehead atoms. The number of aromatic amines is 1. The quantitative estimate of drug-likeness (QED) is 0.204. The van der Waals surface area contributed by atoms with Gasteiger partial charge in [-0.2, -0.15) is 11.8 Å². The molecule has 0 fully saturated rings. The number of nitrogens with zero attached hydrogens (tertiary/aromatic N) is 1.